The molecular weight excluding hydrogens is 410 g/mol. The summed E-state index contributed by atoms with van der Waals surface area (Å²) in [7, 11) is -3.49. The van der Waals surface area contributed by atoms with Crippen molar-refractivity contribution in [3.63, 3.8) is 0 Å². The second-order valence-corrected chi connectivity index (χ2v) is 19.7. The molecule has 0 atom stereocenters. The average molecular weight is 444 g/mol. The van der Waals surface area contributed by atoms with Crippen molar-refractivity contribution in [1.82, 2.24) is 0 Å². The highest BCUT2D eigenvalue weighted by Gasteiger charge is 2.35. The van der Waals surface area contributed by atoms with Crippen LogP contribution in [-0.2, 0) is 16.1 Å². The Morgan fingerprint density at radius 1 is 1.17 bits per heavy atom. The topological polar surface area (TPSA) is 108 Å². The molecule has 0 aromatic heterocycles. The predicted molar refractivity (Wildman–Crippen MR) is 118 cm³/mol. The van der Waals surface area contributed by atoms with Crippen molar-refractivity contribution in [2.45, 2.75) is 58.9 Å². The van der Waals surface area contributed by atoms with Gasteiger partial charge >= 0.3 is 5.97 Å². The van der Waals surface area contributed by atoms with Gasteiger partial charge in [0.1, 0.15) is 11.3 Å². The maximum Gasteiger partial charge on any atom is 0.339 e. The van der Waals surface area contributed by atoms with Crippen LogP contribution in [0, 0.1) is 10.1 Å². The molecule has 0 aliphatic carbocycles. The molecule has 164 valence electrons. The monoisotopic (exact) mass is 443 g/mol. The minimum atomic E-state index is -2.22. The Morgan fingerprint density at radius 3 is 2.24 bits per heavy atom. The summed E-state index contributed by atoms with van der Waals surface area (Å²) in [6.45, 7) is 14.8. The Morgan fingerprint density at radius 2 is 1.79 bits per heavy atom. The summed E-state index contributed by atoms with van der Waals surface area (Å²) in [5.41, 5.74) is -0.0563. The van der Waals surface area contributed by atoms with Crippen LogP contribution in [0.5, 0.6) is 5.75 Å². The SMILES string of the molecule is CCOCc1c(OCOCC[Si](C)(C)C)c(C(=O)O)cc([Si](C)(C)C)c1[N+](=O)[O-]. The number of aromatic carboxylic acids is 1. The molecule has 1 N–H and O–H groups in total. The van der Waals surface area contributed by atoms with Crippen LogP contribution in [0.2, 0.25) is 45.3 Å². The smallest absolute Gasteiger partial charge is 0.339 e. The van der Waals surface area contributed by atoms with Crippen LogP contribution >= 0.6 is 0 Å². The maximum atomic E-state index is 11.9. The van der Waals surface area contributed by atoms with Crippen LogP contribution in [0.1, 0.15) is 22.8 Å². The van der Waals surface area contributed by atoms with Gasteiger partial charge in [-0.25, -0.2) is 4.79 Å². The van der Waals surface area contributed by atoms with Gasteiger partial charge in [0.05, 0.1) is 25.2 Å². The Bertz CT molecular complexity index is 740. The number of carbonyl (C=O) groups is 1. The third kappa shape index (κ3) is 7.54. The van der Waals surface area contributed by atoms with Gasteiger partial charge in [-0.3, -0.25) is 10.1 Å². The zero-order chi connectivity index (χ0) is 22.4. The molecule has 1 aromatic rings. The van der Waals surface area contributed by atoms with Crippen molar-refractivity contribution in [3.8, 4) is 5.75 Å². The van der Waals surface area contributed by atoms with Crippen LogP contribution in [0.4, 0.5) is 5.69 Å². The van der Waals surface area contributed by atoms with Crippen LogP contribution < -0.4 is 9.92 Å². The van der Waals surface area contributed by atoms with Crippen molar-refractivity contribution < 1.29 is 29.0 Å². The molecule has 0 aliphatic rings. The van der Waals surface area contributed by atoms with E-state index in [1.165, 1.54) is 6.07 Å². The van der Waals surface area contributed by atoms with Gasteiger partial charge in [-0.15, -0.1) is 0 Å². The number of ether oxygens (including phenoxy) is 3. The van der Waals surface area contributed by atoms with Gasteiger partial charge < -0.3 is 19.3 Å². The number of hydrogen-bond donors (Lipinski definition) is 1. The first-order chi connectivity index (χ1) is 13.3. The minimum Gasteiger partial charge on any atom is -0.478 e. The zero-order valence-corrected chi connectivity index (χ0v) is 20.5. The number of nitrogens with zero attached hydrogens (tertiary/aromatic N) is 1. The first kappa shape index (κ1) is 25.3. The lowest BCUT2D eigenvalue weighted by Gasteiger charge is -2.22. The number of hydrogen-bond acceptors (Lipinski definition) is 6. The quantitative estimate of drug-likeness (QED) is 0.170. The van der Waals surface area contributed by atoms with Gasteiger partial charge in [0.2, 0.25) is 0 Å². The van der Waals surface area contributed by atoms with E-state index in [4.69, 9.17) is 14.2 Å². The lowest BCUT2D eigenvalue weighted by Crippen LogP contribution is -2.40. The van der Waals surface area contributed by atoms with Crippen molar-refractivity contribution in [1.29, 1.82) is 0 Å². The molecule has 0 bridgehead atoms. The summed E-state index contributed by atoms with van der Waals surface area (Å²) in [4.78, 5) is 23.4. The summed E-state index contributed by atoms with van der Waals surface area (Å²) >= 11 is 0. The van der Waals surface area contributed by atoms with E-state index in [1.807, 2.05) is 19.6 Å². The fraction of sp³-hybridized carbons (Fsp3) is 0.632. The molecule has 0 amide bonds. The lowest BCUT2D eigenvalue weighted by molar-refractivity contribution is -0.384. The number of benzene rings is 1. The van der Waals surface area contributed by atoms with Crippen LogP contribution in [0.3, 0.4) is 0 Å². The first-order valence-corrected chi connectivity index (χ1v) is 16.9. The molecule has 29 heavy (non-hydrogen) atoms. The summed E-state index contributed by atoms with van der Waals surface area (Å²) in [5.74, 6) is -1.25. The summed E-state index contributed by atoms with van der Waals surface area (Å²) in [6.07, 6.45) is 0. The number of nitro groups is 1. The van der Waals surface area contributed by atoms with Gasteiger partial charge in [-0.05, 0) is 19.0 Å². The highest BCUT2D eigenvalue weighted by atomic mass is 28.3. The molecule has 0 fully saturated rings. The fourth-order valence-electron chi connectivity index (χ4n) is 2.69. The number of carboxylic acid groups (broad SMARTS) is 1. The standard InChI is InChI=1S/C19H33NO7Si2/c1-8-25-12-15-17(20(23)24)16(29(5,6)7)11-14(19(21)22)18(15)27-13-26-9-10-28(2,3)4/h11H,8-10,12-13H2,1-7H3,(H,21,22). The summed E-state index contributed by atoms with van der Waals surface area (Å²) < 4.78 is 16.6. The third-order valence-corrected chi connectivity index (χ3v) is 8.00. The van der Waals surface area contributed by atoms with E-state index in [0.717, 1.165) is 6.04 Å². The predicted octanol–water partition coefficient (Wildman–Crippen LogP) is 4.07. The maximum absolute atomic E-state index is 11.9. The second-order valence-electron chi connectivity index (χ2n) is 9.06. The highest BCUT2D eigenvalue weighted by Crippen LogP contribution is 2.34. The highest BCUT2D eigenvalue weighted by molar-refractivity contribution is 6.89. The molecule has 1 rings (SSSR count). The van der Waals surface area contributed by atoms with E-state index >= 15 is 0 Å². The molecular formula is C19H33NO7Si2. The lowest BCUT2D eigenvalue weighted by atomic mass is 10.1. The molecule has 0 saturated carbocycles. The minimum absolute atomic E-state index is 0.0485. The van der Waals surface area contributed by atoms with Crippen LogP contribution in [0.15, 0.2) is 6.07 Å². The van der Waals surface area contributed by atoms with Crippen molar-refractivity contribution >= 4 is 33.0 Å². The molecule has 0 radical (unpaired) electrons. The van der Waals surface area contributed by atoms with Gasteiger partial charge in [0.25, 0.3) is 5.69 Å². The average Bonchev–Trinajstić information content (AvgIpc) is 2.56. The van der Waals surface area contributed by atoms with Gasteiger partial charge in [-0.1, -0.05) is 39.3 Å². The fourth-order valence-corrected chi connectivity index (χ4v) is 4.98. The van der Waals surface area contributed by atoms with Crippen molar-refractivity contribution in [2.75, 3.05) is 20.0 Å². The Balaban J connectivity index is 3.41. The van der Waals surface area contributed by atoms with Crippen molar-refractivity contribution in [2.24, 2.45) is 0 Å². The number of carboxylic acids is 1. The number of nitro benzene ring substituents is 1. The summed E-state index contributed by atoms with van der Waals surface area (Å²) in [6, 6.07) is 2.32. The molecule has 8 nitrogen and oxygen atoms in total. The van der Waals surface area contributed by atoms with Crippen LogP contribution in [0.25, 0.3) is 0 Å². The van der Waals surface area contributed by atoms with E-state index in [-0.39, 0.29) is 36.0 Å². The third-order valence-electron chi connectivity index (χ3n) is 4.30. The van der Waals surface area contributed by atoms with Crippen molar-refractivity contribution in [3.05, 3.63) is 27.3 Å². The molecule has 10 heteroatoms. The largest absolute Gasteiger partial charge is 0.478 e. The second kappa shape index (κ2) is 10.3. The molecule has 1 aromatic carbocycles. The molecule has 0 saturated heterocycles. The molecule has 0 heterocycles. The van der Waals surface area contributed by atoms with E-state index < -0.39 is 27.0 Å². The van der Waals surface area contributed by atoms with Crippen LogP contribution in [-0.4, -0.2) is 52.2 Å². The zero-order valence-electron chi connectivity index (χ0n) is 18.5. The van der Waals surface area contributed by atoms with Gasteiger partial charge in [0.15, 0.2) is 6.79 Å². The van der Waals surface area contributed by atoms with E-state index in [2.05, 4.69) is 19.6 Å². The Hall–Kier alpha value is -1.76. The van der Waals surface area contributed by atoms with E-state index in [1.54, 1.807) is 6.92 Å². The normalized spacial score (nSPS) is 12.1. The van der Waals surface area contributed by atoms with E-state index in [0.29, 0.717) is 18.4 Å². The first-order valence-electron chi connectivity index (χ1n) is 9.66. The molecule has 0 spiro atoms. The van der Waals surface area contributed by atoms with Gasteiger partial charge in [-0.2, -0.15) is 0 Å². The number of rotatable bonds is 12. The molecule has 0 unspecified atom stereocenters. The summed E-state index contributed by atoms with van der Waals surface area (Å²) in [5, 5.41) is 22.1. The van der Waals surface area contributed by atoms with Gasteiger partial charge in [0, 0.05) is 26.5 Å². The Labute approximate surface area is 174 Å². The molecule has 0 aliphatic heterocycles. The van der Waals surface area contributed by atoms with E-state index in [9.17, 15) is 20.0 Å². The Kier molecular flexibility index (Phi) is 9.00.